The van der Waals surface area contributed by atoms with Crippen LogP contribution >= 0.6 is 27.7 Å². The van der Waals surface area contributed by atoms with Gasteiger partial charge in [-0.1, -0.05) is 78.8 Å². The fourth-order valence-corrected chi connectivity index (χ4v) is 4.63. The fourth-order valence-electron chi connectivity index (χ4n) is 3.49. The minimum absolute atomic E-state index is 0.0606. The van der Waals surface area contributed by atoms with Gasteiger partial charge in [-0.25, -0.2) is 5.43 Å². The molecule has 0 saturated heterocycles. The Morgan fingerprint density at radius 1 is 1.14 bits per heavy atom. The minimum Gasteiger partial charge on any atom is -0.872 e. The Kier molecular flexibility index (Phi) is 7.91. The Hall–Kier alpha value is -3.43. The Morgan fingerprint density at radius 3 is 2.56 bits per heavy atom. The molecule has 0 fully saturated rings. The molecule has 1 heterocycles. The van der Waals surface area contributed by atoms with Gasteiger partial charge in [-0.05, 0) is 64.7 Å². The van der Waals surface area contributed by atoms with Crippen LogP contribution in [-0.4, -0.2) is 28.1 Å². The number of para-hydroxylation sites is 1. The molecule has 4 aromatic rings. The molecule has 0 radical (unpaired) electrons. The van der Waals surface area contributed by atoms with Crippen LogP contribution in [0.3, 0.4) is 0 Å². The van der Waals surface area contributed by atoms with Crippen molar-refractivity contribution >= 4 is 39.8 Å². The highest BCUT2D eigenvalue weighted by Crippen LogP contribution is 2.26. The molecule has 7 nitrogen and oxygen atoms in total. The number of H-pyrrole nitrogens is 1. The smallest absolute Gasteiger partial charge is 0.342 e. The molecule has 184 valence electrons. The molecule has 0 aliphatic rings. The Morgan fingerprint density at radius 2 is 1.86 bits per heavy atom. The zero-order valence-corrected chi connectivity index (χ0v) is 22.6. The number of hydrogen-bond donors (Lipinski definition) is 2. The van der Waals surface area contributed by atoms with Gasteiger partial charge < -0.3 is 5.11 Å². The van der Waals surface area contributed by atoms with Crippen LogP contribution in [0.2, 0.25) is 0 Å². The second-order valence-electron chi connectivity index (χ2n) is 9.12. The van der Waals surface area contributed by atoms with Crippen LogP contribution in [-0.2, 0) is 10.2 Å². The molecule has 0 saturated carbocycles. The summed E-state index contributed by atoms with van der Waals surface area (Å²) >= 11 is 4.61. The van der Waals surface area contributed by atoms with Crippen LogP contribution in [0, 0.1) is 0 Å². The maximum Gasteiger partial charge on any atom is 0.342 e. The molecule has 3 aromatic carbocycles. The Bertz CT molecular complexity index is 1380. The second kappa shape index (κ2) is 11.1. The summed E-state index contributed by atoms with van der Waals surface area (Å²) in [5, 5.41) is 24.1. The van der Waals surface area contributed by atoms with E-state index in [1.807, 2.05) is 34.9 Å². The van der Waals surface area contributed by atoms with Gasteiger partial charge in [0.05, 0.1) is 22.6 Å². The number of rotatable bonds is 7. The van der Waals surface area contributed by atoms with Crippen LogP contribution in [0.5, 0.6) is 5.75 Å². The molecule has 0 aliphatic heterocycles. The average Bonchev–Trinajstić information content (AvgIpc) is 3.29. The highest BCUT2D eigenvalue weighted by Gasteiger charge is 2.25. The number of hydrazone groups is 1. The molecule has 9 heteroatoms. The molecular formula is C27H26BrN5O2S. The van der Waals surface area contributed by atoms with E-state index in [2.05, 4.69) is 81.7 Å². The highest BCUT2D eigenvalue weighted by atomic mass is 79.9. The van der Waals surface area contributed by atoms with Crippen molar-refractivity contribution < 1.29 is 14.5 Å². The quantitative estimate of drug-likeness (QED) is 0.147. The summed E-state index contributed by atoms with van der Waals surface area (Å²) in [6, 6.07) is 23.0. The number of amides is 1. The van der Waals surface area contributed by atoms with Crippen molar-refractivity contribution in [2.45, 2.75) is 31.3 Å². The van der Waals surface area contributed by atoms with E-state index < -0.39 is 0 Å². The van der Waals surface area contributed by atoms with Gasteiger partial charge in [0.2, 0.25) is 0 Å². The predicted molar refractivity (Wildman–Crippen MR) is 144 cm³/mol. The van der Waals surface area contributed by atoms with Gasteiger partial charge in [-0.3, -0.25) is 4.79 Å². The van der Waals surface area contributed by atoms with Crippen molar-refractivity contribution in [2.75, 3.05) is 5.75 Å². The first kappa shape index (κ1) is 25.7. The van der Waals surface area contributed by atoms with E-state index in [0.717, 1.165) is 21.5 Å². The zero-order valence-electron chi connectivity index (χ0n) is 20.2. The molecule has 2 N–H and O–H groups in total. The number of aromatic amines is 1. The predicted octanol–water partition coefficient (Wildman–Crippen LogP) is 4.73. The molecule has 0 unspecified atom stereocenters. The lowest BCUT2D eigenvalue weighted by molar-refractivity contribution is -0.625. The largest absolute Gasteiger partial charge is 0.872 e. The molecule has 4 rings (SSSR count). The maximum absolute atomic E-state index is 12.4. The first-order chi connectivity index (χ1) is 17.2. The number of halogens is 1. The van der Waals surface area contributed by atoms with E-state index in [1.54, 1.807) is 12.1 Å². The van der Waals surface area contributed by atoms with E-state index in [1.165, 1.54) is 29.6 Å². The number of thioether (sulfide) groups is 1. The molecule has 0 atom stereocenters. The number of aromatic nitrogens is 3. The van der Waals surface area contributed by atoms with Gasteiger partial charge in [0.1, 0.15) is 5.69 Å². The van der Waals surface area contributed by atoms with Crippen molar-refractivity contribution in [3.8, 4) is 22.8 Å². The number of carbonyl (C=O) groups is 1. The molecular weight excluding hydrogens is 538 g/mol. The van der Waals surface area contributed by atoms with Crippen molar-refractivity contribution in [2.24, 2.45) is 5.10 Å². The maximum atomic E-state index is 12.4. The van der Waals surface area contributed by atoms with Gasteiger partial charge in [0, 0.05) is 4.47 Å². The summed E-state index contributed by atoms with van der Waals surface area (Å²) in [6.07, 6.45) is 1.34. The van der Waals surface area contributed by atoms with E-state index in [9.17, 15) is 9.90 Å². The Balaban J connectivity index is 1.52. The SMILES string of the molecule is CC(C)(C)c1ccc(-c2[nH]nc(SCC(=O)NN=Cc3cc(Br)ccc3[O-])[n+]2-c2ccccc2)cc1. The highest BCUT2D eigenvalue weighted by molar-refractivity contribution is 9.10. The van der Waals surface area contributed by atoms with E-state index in [4.69, 9.17) is 0 Å². The minimum atomic E-state index is -0.308. The number of hydrogen-bond acceptors (Lipinski definition) is 5. The third kappa shape index (κ3) is 6.22. The van der Waals surface area contributed by atoms with Crippen molar-refractivity contribution in [1.82, 2.24) is 15.6 Å². The number of carbonyl (C=O) groups excluding carboxylic acids is 1. The number of nitrogens with zero attached hydrogens (tertiary/aromatic N) is 3. The molecule has 0 bridgehead atoms. The zero-order chi connectivity index (χ0) is 25.7. The fraction of sp³-hybridized carbons (Fsp3) is 0.185. The van der Waals surface area contributed by atoms with Gasteiger partial charge in [0.25, 0.3) is 11.7 Å². The van der Waals surface area contributed by atoms with Crippen molar-refractivity contribution in [1.29, 1.82) is 0 Å². The molecule has 36 heavy (non-hydrogen) atoms. The summed E-state index contributed by atoms with van der Waals surface area (Å²) in [5.41, 5.74) is 6.08. The van der Waals surface area contributed by atoms with Crippen LogP contribution in [0.1, 0.15) is 31.9 Å². The van der Waals surface area contributed by atoms with Crippen LogP contribution in [0.4, 0.5) is 0 Å². The number of nitrogens with one attached hydrogen (secondary N) is 2. The normalized spacial score (nSPS) is 11.7. The van der Waals surface area contributed by atoms with Crippen molar-refractivity contribution in [3.63, 3.8) is 0 Å². The third-order valence-corrected chi connectivity index (χ3v) is 6.84. The summed E-state index contributed by atoms with van der Waals surface area (Å²) in [7, 11) is 0. The van der Waals surface area contributed by atoms with Crippen LogP contribution < -0.4 is 15.1 Å². The first-order valence-corrected chi connectivity index (χ1v) is 13.1. The van der Waals surface area contributed by atoms with Gasteiger partial charge >= 0.3 is 5.16 Å². The molecule has 0 aliphatic carbocycles. The van der Waals surface area contributed by atoms with E-state index >= 15 is 0 Å². The lowest BCUT2D eigenvalue weighted by Gasteiger charge is -2.18. The average molecular weight is 565 g/mol. The lowest BCUT2D eigenvalue weighted by Crippen LogP contribution is -2.34. The van der Waals surface area contributed by atoms with Crippen molar-refractivity contribution in [3.05, 3.63) is 88.4 Å². The second-order valence-corrected chi connectivity index (χ2v) is 11.0. The van der Waals surface area contributed by atoms with Crippen LogP contribution in [0.15, 0.2) is 87.5 Å². The van der Waals surface area contributed by atoms with E-state index in [-0.39, 0.29) is 22.8 Å². The van der Waals surface area contributed by atoms with Gasteiger partial charge in [0.15, 0.2) is 0 Å². The van der Waals surface area contributed by atoms with Crippen LogP contribution in [0.25, 0.3) is 17.1 Å². The summed E-state index contributed by atoms with van der Waals surface area (Å²) in [4.78, 5) is 12.4. The summed E-state index contributed by atoms with van der Waals surface area (Å²) < 4.78 is 2.76. The summed E-state index contributed by atoms with van der Waals surface area (Å²) in [5.74, 6) is 0.437. The molecule has 1 amide bonds. The monoisotopic (exact) mass is 563 g/mol. The third-order valence-electron chi connectivity index (χ3n) is 5.41. The summed E-state index contributed by atoms with van der Waals surface area (Å²) in [6.45, 7) is 6.56. The van der Waals surface area contributed by atoms with E-state index in [0.29, 0.717) is 10.7 Å². The lowest BCUT2D eigenvalue weighted by atomic mass is 9.87. The Labute approximate surface area is 222 Å². The number of benzene rings is 3. The molecule has 1 aromatic heterocycles. The first-order valence-electron chi connectivity index (χ1n) is 11.3. The van der Waals surface area contributed by atoms with Gasteiger partial charge in [-0.2, -0.15) is 9.67 Å². The topological polar surface area (TPSA) is 97.1 Å². The van der Waals surface area contributed by atoms with Gasteiger partial charge in [-0.15, -0.1) is 5.10 Å². The standard InChI is InChI=1S/C27H26BrN5O2S/c1-27(2,3)20-11-9-18(10-12-20)25-31-32-26(33(25)22-7-5-4-6-8-22)36-17-24(35)30-29-16-19-15-21(28)13-14-23(19)34/h4-16H,17H2,1-3H3,(H2,29,30,34,35). The molecule has 0 spiro atoms.